The fourth-order valence-corrected chi connectivity index (χ4v) is 3.95. The van der Waals surface area contributed by atoms with Crippen LogP contribution >= 0.6 is 11.8 Å². The molecule has 0 unspecified atom stereocenters. The van der Waals surface area contributed by atoms with Crippen molar-refractivity contribution in [1.82, 2.24) is 0 Å². The average molecular weight is 390 g/mol. The summed E-state index contributed by atoms with van der Waals surface area (Å²) in [6.07, 6.45) is 0.104. The van der Waals surface area contributed by atoms with Gasteiger partial charge in [0.1, 0.15) is 11.5 Å². The van der Waals surface area contributed by atoms with Gasteiger partial charge < -0.3 is 15.4 Å². The maximum absolute atomic E-state index is 12.4. The quantitative estimate of drug-likeness (QED) is 0.649. The van der Waals surface area contributed by atoms with Crippen molar-refractivity contribution >= 4 is 35.0 Å². The molecule has 1 atom stereocenters. The van der Waals surface area contributed by atoms with Crippen LogP contribution in [-0.2, 0) is 9.59 Å². The van der Waals surface area contributed by atoms with Gasteiger partial charge in [0.25, 0.3) is 0 Å². The maximum atomic E-state index is 12.4. The highest BCUT2D eigenvalue weighted by Crippen LogP contribution is 2.36. The van der Waals surface area contributed by atoms with Crippen molar-refractivity contribution in [3.63, 3.8) is 0 Å². The number of rotatable bonds is 5. The lowest BCUT2D eigenvalue weighted by Crippen LogP contribution is -2.32. The molecule has 0 spiro atoms. The first-order valence-corrected chi connectivity index (χ1v) is 9.75. The molecule has 6 heteroatoms. The zero-order chi connectivity index (χ0) is 19.3. The van der Waals surface area contributed by atoms with Crippen LogP contribution in [0.4, 0.5) is 11.4 Å². The molecule has 3 aromatic rings. The Kier molecular flexibility index (Phi) is 5.30. The van der Waals surface area contributed by atoms with Crippen molar-refractivity contribution in [2.75, 3.05) is 10.6 Å². The van der Waals surface area contributed by atoms with E-state index in [1.54, 1.807) is 24.3 Å². The molecule has 140 valence electrons. The van der Waals surface area contributed by atoms with E-state index in [0.717, 1.165) is 16.3 Å². The van der Waals surface area contributed by atoms with Gasteiger partial charge in [0.2, 0.25) is 11.8 Å². The number of benzene rings is 3. The zero-order valence-electron chi connectivity index (χ0n) is 14.9. The monoisotopic (exact) mass is 390 g/mol. The van der Waals surface area contributed by atoms with Crippen molar-refractivity contribution in [1.29, 1.82) is 0 Å². The third-order valence-electron chi connectivity index (χ3n) is 4.19. The van der Waals surface area contributed by atoms with Gasteiger partial charge in [-0.3, -0.25) is 9.59 Å². The Morgan fingerprint density at radius 1 is 0.929 bits per heavy atom. The highest BCUT2D eigenvalue weighted by molar-refractivity contribution is 8.01. The third kappa shape index (κ3) is 4.35. The lowest BCUT2D eigenvalue weighted by Gasteiger charge is -2.23. The Hall–Kier alpha value is -3.25. The van der Waals surface area contributed by atoms with Crippen LogP contribution in [0.25, 0.3) is 0 Å². The number of hydrogen-bond donors (Lipinski definition) is 2. The van der Waals surface area contributed by atoms with Gasteiger partial charge in [0, 0.05) is 17.0 Å². The third-order valence-corrected chi connectivity index (χ3v) is 5.47. The van der Waals surface area contributed by atoms with Crippen molar-refractivity contribution in [2.24, 2.45) is 0 Å². The smallest absolute Gasteiger partial charge is 0.238 e. The van der Waals surface area contributed by atoms with Gasteiger partial charge in [-0.2, -0.15) is 0 Å². The lowest BCUT2D eigenvalue weighted by atomic mass is 10.2. The minimum Gasteiger partial charge on any atom is -0.457 e. The number of anilines is 2. The molecular formula is C22H18N2O3S. The molecule has 2 N–H and O–H groups in total. The van der Waals surface area contributed by atoms with E-state index >= 15 is 0 Å². The number of hydrogen-bond acceptors (Lipinski definition) is 4. The van der Waals surface area contributed by atoms with Gasteiger partial charge in [0.05, 0.1) is 10.9 Å². The second kappa shape index (κ2) is 8.19. The first-order valence-electron chi connectivity index (χ1n) is 8.87. The Morgan fingerprint density at radius 3 is 2.39 bits per heavy atom. The van der Waals surface area contributed by atoms with Crippen LogP contribution in [0.15, 0.2) is 83.8 Å². The van der Waals surface area contributed by atoms with E-state index in [1.807, 2.05) is 54.6 Å². The molecule has 28 heavy (non-hydrogen) atoms. The molecule has 0 fully saturated rings. The number of ether oxygens (including phenoxy) is 1. The van der Waals surface area contributed by atoms with E-state index in [-0.39, 0.29) is 18.2 Å². The molecule has 1 heterocycles. The SMILES string of the molecule is O=C(C[C@@H]1Sc2ccccc2NC1=O)Nc1ccc(Oc2ccccc2)cc1. The predicted molar refractivity (Wildman–Crippen MR) is 111 cm³/mol. The van der Waals surface area contributed by atoms with Crippen LogP contribution in [0.2, 0.25) is 0 Å². The summed E-state index contributed by atoms with van der Waals surface area (Å²) in [5.74, 6) is 1.08. The molecule has 0 radical (unpaired) electrons. The summed E-state index contributed by atoms with van der Waals surface area (Å²) in [7, 11) is 0. The number of para-hydroxylation sites is 2. The highest BCUT2D eigenvalue weighted by atomic mass is 32.2. The van der Waals surface area contributed by atoms with E-state index in [4.69, 9.17) is 4.74 Å². The van der Waals surface area contributed by atoms with E-state index in [0.29, 0.717) is 11.4 Å². The molecular weight excluding hydrogens is 372 g/mol. The van der Waals surface area contributed by atoms with Crippen molar-refractivity contribution < 1.29 is 14.3 Å². The highest BCUT2D eigenvalue weighted by Gasteiger charge is 2.28. The van der Waals surface area contributed by atoms with Gasteiger partial charge >= 0.3 is 0 Å². The first-order chi connectivity index (χ1) is 13.7. The number of thioether (sulfide) groups is 1. The van der Waals surface area contributed by atoms with Gasteiger partial charge in [-0.25, -0.2) is 0 Å². The first kappa shape index (κ1) is 18.1. The Balaban J connectivity index is 1.34. The standard InChI is InChI=1S/C22H18N2O3S/c25-21(14-20-22(26)24-18-8-4-5-9-19(18)28-20)23-15-10-12-17(13-11-15)27-16-6-2-1-3-7-16/h1-13,20H,14H2,(H,23,25)(H,24,26)/t20-/m0/s1. The summed E-state index contributed by atoms with van der Waals surface area (Å²) in [6.45, 7) is 0. The van der Waals surface area contributed by atoms with Crippen LogP contribution in [0, 0.1) is 0 Å². The number of fused-ring (bicyclic) bond motifs is 1. The number of carbonyl (C=O) groups is 2. The topological polar surface area (TPSA) is 67.4 Å². The summed E-state index contributed by atoms with van der Waals surface area (Å²) >= 11 is 1.41. The fraction of sp³-hybridized carbons (Fsp3) is 0.0909. The summed E-state index contributed by atoms with van der Waals surface area (Å²) in [6, 6.07) is 24.2. The predicted octanol–water partition coefficient (Wildman–Crippen LogP) is 4.92. The Morgan fingerprint density at radius 2 is 1.61 bits per heavy atom. The Bertz CT molecular complexity index is 990. The number of nitrogens with one attached hydrogen (secondary N) is 2. The average Bonchev–Trinajstić information content (AvgIpc) is 2.71. The summed E-state index contributed by atoms with van der Waals surface area (Å²) in [5.41, 5.74) is 1.45. The van der Waals surface area contributed by atoms with Crippen LogP contribution in [0.5, 0.6) is 11.5 Å². The van der Waals surface area contributed by atoms with Gasteiger partial charge in [0.15, 0.2) is 0 Å². The lowest BCUT2D eigenvalue weighted by molar-refractivity contribution is -0.120. The summed E-state index contributed by atoms with van der Waals surface area (Å²) in [4.78, 5) is 25.6. The summed E-state index contributed by atoms with van der Waals surface area (Å²) in [5, 5.41) is 5.24. The van der Waals surface area contributed by atoms with Crippen molar-refractivity contribution in [3.8, 4) is 11.5 Å². The minimum atomic E-state index is -0.449. The second-order valence-corrected chi connectivity index (χ2v) is 7.53. The molecule has 0 saturated heterocycles. The molecule has 0 saturated carbocycles. The molecule has 1 aliphatic rings. The molecule has 4 rings (SSSR count). The normalized spacial score (nSPS) is 15.3. The van der Waals surface area contributed by atoms with Crippen molar-refractivity contribution in [3.05, 3.63) is 78.9 Å². The van der Waals surface area contributed by atoms with Crippen LogP contribution < -0.4 is 15.4 Å². The fourth-order valence-electron chi connectivity index (χ4n) is 2.84. The van der Waals surface area contributed by atoms with Crippen molar-refractivity contribution in [2.45, 2.75) is 16.6 Å². The van der Waals surface area contributed by atoms with Crippen LogP contribution in [0.1, 0.15) is 6.42 Å². The number of carbonyl (C=O) groups excluding carboxylic acids is 2. The van der Waals surface area contributed by atoms with E-state index < -0.39 is 5.25 Å². The molecule has 5 nitrogen and oxygen atoms in total. The summed E-state index contributed by atoms with van der Waals surface area (Å²) < 4.78 is 5.74. The van der Waals surface area contributed by atoms with Crippen LogP contribution in [0.3, 0.4) is 0 Å². The molecule has 0 bridgehead atoms. The second-order valence-electron chi connectivity index (χ2n) is 6.28. The van der Waals surface area contributed by atoms with E-state index in [2.05, 4.69) is 10.6 Å². The van der Waals surface area contributed by atoms with E-state index in [1.165, 1.54) is 11.8 Å². The largest absolute Gasteiger partial charge is 0.457 e. The van der Waals surface area contributed by atoms with Gasteiger partial charge in [-0.05, 0) is 48.5 Å². The molecule has 2 amide bonds. The van der Waals surface area contributed by atoms with E-state index in [9.17, 15) is 9.59 Å². The molecule has 0 aromatic heterocycles. The zero-order valence-corrected chi connectivity index (χ0v) is 15.7. The van der Waals surface area contributed by atoms with Gasteiger partial charge in [-0.15, -0.1) is 11.8 Å². The number of amides is 2. The van der Waals surface area contributed by atoms with Gasteiger partial charge in [-0.1, -0.05) is 30.3 Å². The maximum Gasteiger partial charge on any atom is 0.238 e. The molecule has 1 aliphatic heterocycles. The molecule has 3 aromatic carbocycles. The minimum absolute atomic E-state index is 0.104. The Labute approximate surface area is 167 Å². The molecule has 0 aliphatic carbocycles. The van der Waals surface area contributed by atoms with Crippen LogP contribution in [-0.4, -0.2) is 17.1 Å².